The second-order valence-electron chi connectivity index (χ2n) is 4.51. The summed E-state index contributed by atoms with van der Waals surface area (Å²) >= 11 is 0. The molecule has 1 aliphatic rings. The Morgan fingerprint density at radius 2 is 1.95 bits per heavy atom. The van der Waals surface area contributed by atoms with Crippen LogP contribution in [0.5, 0.6) is 5.75 Å². The van der Waals surface area contributed by atoms with Gasteiger partial charge in [-0.15, -0.1) is 0 Å². The molecule has 2 nitrogen and oxygen atoms in total. The molecule has 3 heteroatoms. The van der Waals surface area contributed by atoms with E-state index < -0.39 is 11.9 Å². The van der Waals surface area contributed by atoms with Gasteiger partial charge in [0, 0.05) is 5.56 Å². The molecule has 0 amide bonds. The normalized spacial score (nSPS) is 16.6. The molecule has 1 atom stereocenters. The Bertz CT molecular complexity index is 711. The van der Waals surface area contributed by atoms with Crippen LogP contribution in [0.15, 0.2) is 48.5 Å². The number of hydrogen-bond donors (Lipinski definition) is 0. The molecule has 20 heavy (non-hydrogen) atoms. The molecule has 2 aromatic carbocycles. The van der Waals surface area contributed by atoms with E-state index in [0.29, 0.717) is 11.3 Å². The fourth-order valence-electron chi connectivity index (χ4n) is 2.06. The van der Waals surface area contributed by atoms with Gasteiger partial charge in [-0.1, -0.05) is 30.0 Å². The third kappa shape index (κ3) is 2.55. The summed E-state index contributed by atoms with van der Waals surface area (Å²) in [4.78, 5) is 11.9. The van der Waals surface area contributed by atoms with Crippen molar-refractivity contribution in [2.24, 2.45) is 0 Å². The highest BCUT2D eigenvalue weighted by Crippen LogP contribution is 2.27. The van der Waals surface area contributed by atoms with Gasteiger partial charge in [0.1, 0.15) is 11.6 Å². The molecule has 0 N–H and O–H groups in total. The molecule has 0 fully saturated rings. The van der Waals surface area contributed by atoms with Gasteiger partial charge < -0.3 is 4.74 Å². The second kappa shape index (κ2) is 5.18. The number of rotatable bonds is 0. The Labute approximate surface area is 116 Å². The third-order valence-corrected chi connectivity index (χ3v) is 3.03. The Morgan fingerprint density at radius 3 is 2.75 bits per heavy atom. The highest BCUT2D eigenvalue weighted by molar-refractivity contribution is 6.00. The predicted octanol–water partition coefficient (Wildman–Crippen LogP) is 3.21. The van der Waals surface area contributed by atoms with Crippen molar-refractivity contribution in [3.8, 4) is 17.6 Å². The maximum Gasteiger partial charge on any atom is 0.171 e. The number of benzene rings is 2. The Kier molecular flexibility index (Phi) is 3.22. The first-order valence-corrected chi connectivity index (χ1v) is 6.28. The summed E-state index contributed by atoms with van der Waals surface area (Å²) in [7, 11) is 0. The van der Waals surface area contributed by atoms with Crippen LogP contribution in [-0.4, -0.2) is 11.9 Å². The largest absolute Gasteiger partial charge is 0.476 e. The molecular weight excluding hydrogens is 255 g/mol. The molecule has 98 valence electrons. The van der Waals surface area contributed by atoms with Crippen molar-refractivity contribution < 1.29 is 13.9 Å². The van der Waals surface area contributed by atoms with E-state index in [1.165, 1.54) is 18.2 Å². The van der Waals surface area contributed by atoms with Crippen molar-refractivity contribution >= 4 is 5.78 Å². The van der Waals surface area contributed by atoms with E-state index in [2.05, 4.69) is 11.8 Å². The Hall–Kier alpha value is -2.60. The summed E-state index contributed by atoms with van der Waals surface area (Å²) in [6.45, 7) is 0. The highest BCUT2D eigenvalue weighted by atomic mass is 19.1. The van der Waals surface area contributed by atoms with Crippen molar-refractivity contribution in [1.29, 1.82) is 0 Å². The third-order valence-electron chi connectivity index (χ3n) is 3.03. The molecule has 0 radical (unpaired) electrons. The van der Waals surface area contributed by atoms with Crippen LogP contribution < -0.4 is 4.74 Å². The maximum atomic E-state index is 13.1. The molecule has 0 spiro atoms. The molecule has 0 saturated carbocycles. The lowest BCUT2D eigenvalue weighted by molar-refractivity contribution is 0.0899. The zero-order chi connectivity index (χ0) is 13.9. The number of ether oxygens (including phenoxy) is 1. The van der Waals surface area contributed by atoms with E-state index in [4.69, 9.17) is 4.74 Å². The van der Waals surface area contributed by atoms with E-state index in [1.807, 2.05) is 30.3 Å². The van der Waals surface area contributed by atoms with Crippen LogP contribution in [0.4, 0.5) is 4.39 Å². The molecule has 0 unspecified atom stereocenters. The topological polar surface area (TPSA) is 26.3 Å². The first kappa shape index (κ1) is 12.4. The Balaban J connectivity index is 1.84. The lowest BCUT2D eigenvalue weighted by Gasteiger charge is -2.21. The predicted molar refractivity (Wildman–Crippen MR) is 73.1 cm³/mol. The molecule has 0 saturated heterocycles. The van der Waals surface area contributed by atoms with E-state index in [9.17, 15) is 9.18 Å². The number of fused-ring (bicyclic) bond motifs is 1. The van der Waals surface area contributed by atoms with Gasteiger partial charge in [-0.3, -0.25) is 4.79 Å². The van der Waals surface area contributed by atoms with Crippen LogP contribution >= 0.6 is 0 Å². The van der Waals surface area contributed by atoms with Crippen molar-refractivity contribution in [2.45, 2.75) is 12.5 Å². The minimum absolute atomic E-state index is 0.141. The van der Waals surface area contributed by atoms with Crippen LogP contribution in [-0.2, 0) is 0 Å². The van der Waals surface area contributed by atoms with Crippen molar-refractivity contribution in [1.82, 2.24) is 0 Å². The lowest BCUT2D eigenvalue weighted by atomic mass is 10.0. The van der Waals surface area contributed by atoms with Gasteiger partial charge in [0.25, 0.3) is 0 Å². The van der Waals surface area contributed by atoms with Crippen molar-refractivity contribution in [3.05, 3.63) is 65.5 Å². The fourth-order valence-corrected chi connectivity index (χ4v) is 2.06. The quantitative estimate of drug-likeness (QED) is 0.684. The summed E-state index contributed by atoms with van der Waals surface area (Å²) < 4.78 is 18.7. The van der Waals surface area contributed by atoms with Gasteiger partial charge >= 0.3 is 0 Å². The number of Topliss-reactive ketones (excluding diaryl/α,β-unsaturated/α-hetero) is 1. The van der Waals surface area contributed by atoms with Crippen LogP contribution in [0, 0.1) is 17.7 Å². The number of carbonyl (C=O) groups is 1. The molecule has 3 rings (SSSR count). The number of carbonyl (C=O) groups excluding carboxylic acids is 1. The molecule has 0 bridgehead atoms. The van der Waals surface area contributed by atoms with Crippen LogP contribution in [0.2, 0.25) is 0 Å². The van der Waals surface area contributed by atoms with Crippen LogP contribution in [0.3, 0.4) is 0 Å². The molecule has 0 aliphatic carbocycles. The average molecular weight is 266 g/mol. The van der Waals surface area contributed by atoms with Crippen molar-refractivity contribution in [3.63, 3.8) is 0 Å². The van der Waals surface area contributed by atoms with Gasteiger partial charge in [0.15, 0.2) is 11.9 Å². The van der Waals surface area contributed by atoms with Gasteiger partial charge in [-0.2, -0.15) is 0 Å². The molecular formula is C17H11FO2. The molecule has 0 aromatic heterocycles. The first-order chi connectivity index (χ1) is 9.72. The highest BCUT2D eigenvalue weighted by Gasteiger charge is 2.25. The second-order valence-corrected chi connectivity index (χ2v) is 4.51. The maximum absolute atomic E-state index is 13.1. The summed E-state index contributed by atoms with van der Waals surface area (Å²) in [6, 6.07) is 13.4. The molecule has 2 aromatic rings. The SMILES string of the molecule is O=C1C[C@H](C#Cc2ccccc2)Oc2ccc(F)cc21. The first-order valence-electron chi connectivity index (χ1n) is 6.28. The van der Waals surface area contributed by atoms with Gasteiger partial charge in [-0.25, -0.2) is 4.39 Å². The monoisotopic (exact) mass is 266 g/mol. The van der Waals surface area contributed by atoms with Crippen LogP contribution in [0.25, 0.3) is 0 Å². The molecule has 1 heterocycles. The van der Waals surface area contributed by atoms with E-state index in [-0.39, 0.29) is 12.2 Å². The zero-order valence-corrected chi connectivity index (χ0v) is 10.6. The molecule has 1 aliphatic heterocycles. The van der Waals surface area contributed by atoms with Gasteiger partial charge in [0.05, 0.1) is 12.0 Å². The fraction of sp³-hybridized carbons (Fsp3) is 0.118. The van der Waals surface area contributed by atoms with E-state index in [1.54, 1.807) is 0 Å². The van der Waals surface area contributed by atoms with Gasteiger partial charge in [0.2, 0.25) is 0 Å². The smallest absolute Gasteiger partial charge is 0.171 e. The minimum atomic E-state index is -0.485. The lowest BCUT2D eigenvalue weighted by Crippen LogP contribution is -2.25. The standard InChI is InChI=1S/C17H11FO2/c18-13-7-9-17-15(10-13)16(19)11-14(20-17)8-6-12-4-2-1-3-5-12/h1-5,7,9-10,14H,11H2/t14-/m0/s1. The average Bonchev–Trinajstić information content (AvgIpc) is 2.47. The Morgan fingerprint density at radius 1 is 1.15 bits per heavy atom. The number of ketones is 1. The summed E-state index contributed by atoms with van der Waals surface area (Å²) in [5.41, 5.74) is 1.16. The zero-order valence-electron chi connectivity index (χ0n) is 10.6. The van der Waals surface area contributed by atoms with E-state index >= 15 is 0 Å². The van der Waals surface area contributed by atoms with E-state index in [0.717, 1.165) is 5.56 Å². The van der Waals surface area contributed by atoms with Gasteiger partial charge in [-0.05, 0) is 30.3 Å². The summed E-state index contributed by atoms with van der Waals surface area (Å²) in [5.74, 6) is 5.73. The van der Waals surface area contributed by atoms with Crippen LogP contribution in [0.1, 0.15) is 22.3 Å². The minimum Gasteiger partial charge on any atom is -0.476 e. The number of hydrogen-bond acceptors (Lipinski definition) is 2. The summed E-state index contributed by atoms with van der Waals surface area (Å²) in [6.07, 6.45) is -0.336. The van der Waals surface area contributed by atoms with Crippen molar-refractivity contribution in [2.75, 3.05) is 0 Å². The summed E-state index contributed by atoms with van der Waals surface area (Å²) in [5, 5.41) is 0. The number of halogens is 1.